The molecule has 0 aliphatic carbocycles. The molecule has 3 nitrogen and oxygen atoms in total. The van der Waals surface area contributed by atoms with E-state index in [4.69, 9.17) is 23.2 Å². The molecule has 0 fully saturated rings. The lowest BCUT2D eigenvalue weighted by Crippen LogP contribution is -2.28. The number of amides is 1. The molecule has 22 heavy (non-hydrogen) atoms. The Kier molecular flexibility index (Phi) is 6.32. The van der Waals surface area contributed by atoms with Crippen LogP contribution in [0.15, 0.2) is 42.1 Å². The molecule has 0 aromatic heterocycles. The number of hydrogen-bond donors (Lipinski definition) is 2. The summed E-state index contributed by atoms with van der Waals surface area (Å²) in [5, 5.41) is 4.83. The average molecular weight is 353 g/mol. The van der Waals surface area contributed by atoms with Crippen molar-refractivity contribution >= 4 is 34.8 Å². The van der Waals surface area contributed by atoms with Gasteiger partial charge in [-0.05, 0) is 25.1 Å². The van der Waals surface area contributed by atoms with E-state index in [1.807, 2.05) is 0 Å². The van der Waals surface area contributed by atoms with Gasteiger partial charge in [-0.1, -0.05) is 35.4 Å². The molecule has 0 atom stereocenters. The van der Waals surface area contributed by atoms with E-state index in [1.54, 1.807) is 6.92 Å². The molecule has 0 unspecified atom stereocenters. The van der Waals surface area contributed by atoms with Crippen LogP contribution in [0.1, 0.15) is 6.92 Å². The minimum Gasteiger partial charge on any atom is -0.387 e. The van der Waals surface area contributed by atoms with Crippen LogP contribution in [0.4, 0.5) is 18.9 Å². The van der Waals surface area contributed by atoms with Crippen LogP contribution in [0.25, 0.3) is 0 Å². The summed E-state index contributed by atoms with van der Waals surface area (Å²) >= 11 is 11.5. The molecular weight excluding hydrogens is 340 g/mol. The first-order valence-corrected chi connectivity index (χ1v) is 6.78. The third-order valence-corrected chi connectivity index (χ3v) is 2.93. The number of nitrogens with one attached hydrogen (secondary N) is 2. The summed E-state index contributed by atoms with van der Waals surface area (Å²) in [4.78, 5) is 11.8. The Hall–Kier alpha value is -1.66. The van der Waals surface area contributed by atoms with Gasteiger partial charge in [-0.2, -0.15) is 13.2 Å². The zero-order valence-electron chi connectivity index (χ0n) is 11.5. The molecule has 0 aliphatic heterocycles. The van der Waals surface area contributed by atoms with Gasteiger partial charge in [-0.25, -0.2) is 0 Å². The Morgan fingerprint density at radius 2 is 2.00 bits per heavy atom. The zero-order valence-corrected chi connectivity index (χ0v) is 13.0. The molecule has 0 saturated heterocycles. The van der Waals surface area contributed by atoms with E-state index in [-0.39, 0.29) is 17.3 Å². The summed E-state index contributed by atoms with van der Waals surface area (Å²) in [6, 6.07) is 4.03. The molecule has 2 N–H and O–H groups in total. The first-order valence-electron chi connectivity index (χ1n) is 6.03. The molecule has 0 heterocycles. The average Bonchev–Trinajstić information content (AvgIpc) is 2.36. The molecule has 0 aliphatic rings. The molecular formula is C14H13Cl2F3N2O. The van der Waals surface area contributed by atoms with Gasteiger partial charge in [0.25, 0.3) is 5.91 Å². The van der Waals surface area contributed by atoms with E-state index >= 15 is 0 Å². The largest absolute Gasteiger partial charge is 0.423 e. The second-order valence-corrected chi connectivity index (χ2v) is 5.32. The third kappa shape index (κ3) is 5.61. The molecule has 0 radical (unpaired) electrons. The van der Waals surface area contributed by atoms with Crippen molar-refractivity contribution in [3.05, 3.63) is 52.2 Å². The van der Waals surface area contributed by atoms with Gasteiger partial charge in [0, 0.05) is 17.8 Å². The maximum Gasteiger partial charge on any atom is 0.423 e. The van der Waals surface area contributed by atoms with Crippen molar-refractivity contribution < 1.29 is 18.0 Å². The minimum absolute atomic E-state index is 0.0334. The number of hydrogen-bond acceptors (Lipinski definition) is 2. The highest BCUT2D eigenvalue weighted by Gasteiger charge is 2.38. The molecule has 0 spiro atoms. The van der Waals surface area contributed by atoms with E-state index in [2.05, 4.69) is 17.2 Å². The fourth-order valence-corrected chi connectivity index (χ4v) is 1.84. The van der Waals surface area contributed by atoms with Gasteiger partial charge < -0.3 is 10.6 Å². The molecule has 0 bridgehead atoms. The van der Waals surface area contributed by atoms with Crippen LogP contribution in [0, 0.1) is 0 Å². The van der Waals surface area contributed by atoms with Crippen molar-refractivity contribution in [1.29, 1.82) is 0 Å². The van der Waals surface area contributed by atoms with Gasteiger partial charge in [0.2, 0.25) is 0 Å². The number of benzene rings is 1. The van der Waals surface area contributed by atoms with Crippen LogP contribution in [-0.4, -0.2) is 18.6 Å². The number of carbonyl (C=O) groups is 1. The summed E-state index contributed by atoms with van der Waals surface area (Å²) in [7, 11) is 0. The summed E-state index contributed by atoms with van der Waals surface area (Å²) in [6.45, 7) is 5.30. The molecule has 0 saturated carbocycles. The quantitative estimate of drug-likeness (QED) is 0.603. The summed E-state index contributed by atoms with van der Waals surface area (Å²) in [5.41, 5.74) is -0.718. The number of alkyl halides is 3. The Bertz CT molecular complexity index is 613. The predicted octanol–water partition coefficient (Wildman–Crippen LogP) is 4.54. The van der Waals surface area contributed by atoms with Crippen molar-refractivity contribution in [2.24, 2.45) is 0 Å². The van der Waals surface area contributed by atoms with E-state index in [0.717, 1.165) is 0 Å². The maximum atomic E-state index is 12.9. The number of halogens is 5. The SMILES string of the molecule is C=C(C)CN/C=C(\C(=O)Nc1ccc(Cl)cc1Cl)C(F)(F)F. The number of anilines is 1. The van der Waals surface area contributed by atoms with Gasteiger partial charge in [0.05, 0.1) is 10.7 Å². The van der Waals surface area contributed by atoms with Crippen LogP contribution in [0.3, 0.4) is 0 Å². The van der Waals surface area contributed by atoms with E-state index in [1.165, 1.54) is 18.2 Å². The van der Waals surface area contributed by atoms with Gasteiger partial charge in [-0.15, -0.1) is 0 Å². The zero-order chi connectivity index (χ0) is 16.9. The topological polar surface area (TPSA) is 41.1 Å². The molecule has 1 aromatic carbocycles. The van der Waals surface area contributed by atoms with Gasteiger partial charge in [-0.3, -0.25) is 4.79 Å². The van der Waals surface area contributed by atoms with E-state index in [0.29, 0.717) is 16.8 Å². The van der Waals surface area contributed by atoms with Crippen LogP contribution in [0.5, 0.6) is 0 Å². The lowest BCUT2D eigenvalue weighted by molar-refractivity contribution is -0.126. The van der Waals surface area contributed by atoms with Crippen LogP contribution in [0.2, 0.25) is 10.0 Å². The molecule has 1 aromatic rings. The van der Waals surface area contributed by atoms with Crippen molar-refractivity contribution in [3.8, 4) is 0 Å². The first-order chi connectivity index (χ1) is 10.1. The standard InChI is InChI=1S/C14H13Cl2F3N2O/c1-8(2)6-20-7-10(14(17,18)19)13(22)21-12-4-3-9(15)5-11(12)16/h3-5,7,20H,1,6H2,2H3,(H,21,22)/b10-7+. The molecule has 1 amide bonds. The van der Waals surface area contributed by atoms with E-state index in [9.17, 15) is 18.0 Å². The summed E-state index contributed by atoms with van der Waals surface area (Å²) < 4.78 is 38.8. The predicted molar refractivity (Wildman–Crippen MR) is 82.0 cm³/mol. The fourth-order valence-electron chi connectivity index (χ4n) is 1.38. The van der Waals surface area contributed by atoms with Crippen LogP contribution < -0.4 is 10.6 Å². The Morgan fingerprint density at radius 1 is 1.36 bits per heavy atom. The first kappa shape index (κ1) is 18.4. The Balaban J connectivity index is 2.95. The monoisotopic (exact) mass is 352 g/mol. The normalized spacial score (nSPS) is 12.0. The molecule has 8 heteroatoms. The number of carbonyl (C=O) groups excluding carboxylic acids is 1. The second kappa shape index (κ2) is 7.56. The fraction of sp³-hybridized carbons (Fsp3) is 0.214. The van der Waals surface area contributed by atoms with Crippen molar-refractivity contribution in [1.82, 2.24) is 5.32 Å². The van der Waals surface area contributed by atoms with Gasteiger partial charge in [0.15, 0.2) is 0 Å². The maximum absolute atomic E-state index is 12.9. The summed E-state index contributed by atoms with van der Waals surface area (Å²) in [5.74, 6) is -1.33. The van der Waals surface area contributed by atoms with Crippen molar-refractivity contribution in [3.63, 3.8) is 0 Å². The Labute approximate surface area is 135 Å². The lowest BCUT2D eigenvalue weighted by Gasteiger charge is -2.13. The van der Waals surface area contributed by atoms with Crippen LogP contribution >= 0.6 is 23.2 Å². The molecule has 1 rings (SSSR count). The highest BCUT2D eigenvalue weighted by Crippen LogP contribution is 2.29. The van der Waals surface area contributed by atoms with Gasteiger partial charge >= 0.3 is 6.18 Å². The second-order valence-electron chi connectivity index (χ2n) is 4.47. The van der Waals surface area contributed by atoms with E-state index < -0.39 is 17.7 Å². The van der Waals surface area contributed by atoms with Crippen LogP contribution in [-0.2, 0) is 4.79 Å². The highest BCUT2D eigenvalue weighted by molar-refractivity contribution is 6.36. The smallest absolute Gasteiger partial charge is 0.387 e. The van der Waals surface area contributed by atoms with Gasteiger partial charge in [0.1, 0.15) is 5.57 Å². The lowest BCUT2D eigenvalue weighted by atomic mass is 10.2. The third-order valence-electron chi connectivity index (χ3n) is 2.38. The Morgan fingerprint density at radius 3 is 2.50 bits per heavy atom. The minimum atomic E-state index is -4.81. The summed E-state index contributed by atoms with van der Waals surface area (Å²) in [6.07, 6.45) is -4.21. The molecule has 120 valence electrons. The number of rotatable bonds is 5. The highest BCUT2D eigenvalue weighted by atomic mass is 35.5. The van der Waals surface area contributed by atoms with Crippen molar-refractivity contribution in [2.75, 3.05) is 11.9 Å². The van der Waals surface area contributed by atoms with Crippen molar-refractivity contribution in [2.45, 2.75) is 13.1 Å².